The van der Waals surface area contributed by atoms with Gasteiger partial charge < -0.3 is 4.74 Å². The number of hydrogen-bond donors (Lipinski definition) is 1. The van der Waals surface area contributed by atoms with Crippen LogP contribution in [0.1, 0.15) is 18.6 Å². The third-order valence-corrected chi connectivity index (χ3v) is 3.18. The van der Waals surface area contributed by atoms with Crippen molar-refractivity contribution in [2.24, 2.45) is 0 Å². The number of nitrogens with one attached hydrogen (secondary N) is 1. The van der Waals surface area contributed by atoms with Gasteiger partial charge >= 0.3 is 6.09 Å². The summed E-state index contributed by atoms with van der Waals surface area (Å²) < 4.78 is 5.12. The normalized spacial score (nSPS) is 11.4. The van der Waals surface area contributed by atoms with Crippen molar-refractivity contribution in [2.75, 3.05) is 5.32 Å². The van der Waals surface area contributed by atoms with Crippen molar-refractivity contribution in [3.05, 3.63) is 74.3 Å². The summed E-state index contributed by atoms with van der Waals surface area (Å²) in [6.45, 7) is 1.51. The molecule has 2 rings (SSSR count). The lowest BCUT2D eigenvalue weighted by Gasteiger charge is -2.14. The van der Waals surface area contributed by atoms with Gasteiger partial charge in [0.25, 0.3) is 11.4 Å². The third kappa shape index (κ3) is 4.03. The van der Waals surface area contributed by atoms with Gasteiger partial charge in [-0.2, -0.15) is 0 Å². The zero-order valence-electron chi connectivity index (χ0n) is 12.5. The van der Waals surface area contributed by atoms with Crippen LogP contribution in [0.2, 0.25) is 0 Å². The second kappa shape index (κ2) is 7.18. The Balaban J connectivity index is 2.04. The Bertz CT molecular complexity index is 775. The summed E-state index contributed by atoms with van der Waals surface area (Å²) in [5, 5.41) is 24.0. The van der Waals surface area contributed by atoms with Crippen LogP contribution in [0.5, 0.6) is 0 Å². The predicted molar refractivity (Wildman–Crippen MR) is 84.7 cm³/mol. The lowest BCUT2D eigenvalue weighted by atomic mass is 10.1. The van der Waals surface area contributed by atoms with Crippen molar-refractivity contribution in [1.29, 1.82) is 0 Å². The average molecular weight is 331 g/mol. The van der Waals surface area contributed by atoms with Crippen molar-refractivity contribution in [3.8, 4) is 0 Å². The van der Waals surface area contributed by atoms with Crippen LogP contribution in [0.15, 0.2) is 48.5 Å². The molecular weight excluding hydrogens is 318 g/mol. The first-order valence-corrected chi connectivity index (χ1v) is 6.84. The van der Waals surface area contributed by atoms with Gasteiger partial charge in [-0.05, 0) is 25.1 Å². The molecule has 9 nitrogen and oxygen atoms in total. The van der Waals surface area contributed by atoms with Gasteiger partial charge in [0.1, 0.15) is 6.10 Å². The smallest absolute Gasteiger partial charge is 0.412 e. The number of nitro groups is 2. The minimum atomic E-state index is -0.843. The number of amides is 1. The maximum Gasteiger partial charge on any atom is 0.412 e. The molecule has 0 fully saturated rings. The number of nitro benzene ring substituents is 2. The molecule has 0 aliphatic carbocycles. The Hall–Kier alpha value is -3.49. The number of hydrogen-bond acceptors (Lipinski definition) is 6. The summed E-state index contributed by atoms with van der Waals surface area (Å²) in [6.07, 6.45) is -1.67. The van der Waals surface area contributed by atoms with Crippen LogP contribution >= 0.6 is 0 Å². The van der Waals surface area contributed by atoms with Crippen LogP contribution in [-0.4, -0.2) is 15.9 Å². The van der Waals surface area contributed by atoms with E-state index >= 15 is 0 Å². The molecule has 0 heterocycles. The minimum absolute atomic E-state index is 0.109. The van der Waals surface area contributed by atoms with E-state index in [0.29, 0.717) is 5.69 Å². The summed E-state index contributed by atoms with van der Waals surface area (Å²) >= 11 is 0. The van der Waals surface area contributed by atoms with Crippen molar-refractivity contribution >= 4 is 23.2 Å². The van der Waals surface area contributed by atoms with E-state index in [1.165, 1.54) is 49.4 Å². The Morgan fingerprint density at radius 3 is 2.25 bits per heavy atom. The van der Waals surface area contributed by atoms with Gasteiger partial charge in [-0.1, -0.05) is 12.1 Å². The largest absolute Gasteiger partial charge is 0.441 e. The van der Waals surface area contributed by atoms with Crippen LogP contribution in [0, 0.1) is 20.2 Å². The Kier molecular flexibility index (Phi) is 5.05. The lowest BCUT2D eigenvalue weighted by Crippen LogP contribution is -2.16. The molecule has 2 aromatic carbocycles. The Morgan fingerprint density at radius 2 is 1.67 bits per heavy atom. The summed E-state index contributed by atoms with van der Waals surface area (Å²) in [7, 11) is 0. The van der Waals surface area contributed by atoms with Gasteiger partial charge in [0.05, 0.1) is 15.4 Å². The summed E-state index contributed by atoms with van der Waals surface area (Å²) in [4.78, 5) is 32.3. The van der Waals surface area contributed by atoms with E-state index in [4.69, 9.17) is 4.74 Å². The minimum Gasteiger partial charge on any atom is -0.441 e. The van der Waals surface area contributed by atoms with Crippen molar-refractivity contribution in [1.82, 2.24) is 0 Å². The number of anilines is 1. The highest BCUT2D eigenvalue weighted by Gasteiger charge is 2.21. The topological polar surface area (TPSA) is 125 Å². The van der Waals surface area contributed by atoms with Crippen LogP contribution in [0.25, 0.3) is 0 Å². The molecule has 1 N–H and O–H groups in total. The first-order valence-electron chi connectivity index (χ1n) is 6.84. The van der Waals surface area contributed by atoms with Crippen molar-refractivity contribution in [2.45, 2.75) is 13.0 Å². The molecule has 0 spiro atoms. The Morgan fingerprint density at radius 1 is 1.04 bits per heavy atom. The molecular formula is C15H13N3O6. The molecule has 9 heteroatoms. The zero-order chi connectivity index (χ0) is 17.7. The quantitative estimate of drug-likeness (QED) is 0.656. The zero-order valence-corrected chi connectivity index (χ0v) is 12.5. The molecule has 24 heavy (non-hydrogen) atoms. The monoisotopic (exact) mass is 331 g/mol. The molecule has 0 bridgehead atoms. The number of benzene rings is 2. The number of nitrogens with zero attached hydrogens (tertiary/aromatic N) is 2. The number of carbonyl (C=O) groups is 1. The van der Waals surface area contributed by atoms with Gasteiger partial charge in [0.15, 0.2) is 0 Å². The van der Waals surface area contributed by atoms with Gasteiger partial charge in [-0.15, -0.1) is 0 Å². The summed E-state index contributed by atoms with van der Waals surface area (Å²) in [5.74, 6) is 0. The number of rotatable bonds is 5. The van der Waals surface area contributed by atoms with E-state index in [2.05, 4.69) is 5.32 Å². The van der Waals surface area contributed by atoms with Crippen LogP contribution < -0.4 is 5.32 Å². The maximum atomic E-state index is 11.9. The molecule has 1 atom stereocenters. The molecule has 124 valence electrons. The van der Waals surface area contributed by atoms with E-state index in [-0.39, 0.29) is 16.9 Å². The Labute approximate surface area is 136 Å². The highest BCUT2D eigenvalue weighted by Crippen LogP contribution is 2.27. The molecule has 1 amide bonds. The van der Waals surface area contributed by atoms with Crippen molar-refractivity contribution < 1.29 is 19.4 Å². The van der Waals surface area contributed by atoms with Gasteiger partial charge in [0, 0.05) is 23.9 Å². The number of para-hydroxylation sites is 1. The summed E-state index contributed by atoms with van der Waals surface area (Å²) in [6, 6.07) is 11.1. The van der Waals surface area contributed by atoms with Crippen LogP contribution in [0.4, 0.5) is 21.9 Å². The maximum absolute atomic E-state index is 11.9. The lowest BCUT2D eigenvalue weighted by molar-refractivity contribution is -0.386. The molecule has 0 aliphatic rings. The van der Waals surface area contributed by atoms with Gasteiger partial charge in [0.2, 0.25) is 0 Å². The predicted octanol–water partition coefficient (Wildman–Crippen LogP) is 3.81. The van der Waals surface area contributed by atoms with Crippen LogP contribution in [0.3, 0.4) is 0 Å². The second-order valence-corrected chi connectivity index (χ2v) is 4.79. The van der Waals surface area contributed by atoms with Crippen LogP contribution in [-0.2, 0) is 4.74 Å². The number of carbonyl (C=O) groups excluding carboxylic acids is 1. The van der Waals surface area contributed by atoms with E-state index in [1.807, 2.05) is 0 Å². The molecule has 1 unspecified atom stereocenters. The number of ether oxygens (including phenoxy) is 1. The third-order valence-electron chi connectivity index (χ3n) is 3.18. The van der Waals surface area contributed by atoms with E-state index < -0.39 is 22.0 Å². The van der Waals surface area contributed by atoms with Gasteiger partial charge in [-0.3, -0.25) is 25.5 Å². The van der Waals surface area contributed by atoms with E-state index in [1.54, 1.807) is 6.07 Å². The van der Waals surface area contributed by atoms with Gasteiger partial charge in [-0.25, -0.2) is 4.79 Å². The molecule has 0 radical (unpaired) electrons. The highest BCUT2D eigenvalue weighted by molar-refractivity contribution is 5.84. The highest BCUT2D eigenvalue weighted by atomic mass is 16.6. The molecule has 0 aromatic heterocycles. The molecule has 0 aliphatic heterocycles. The second-order valence-electron chi connectivity index (χ2n) is 4.79. The van der Waals surface area contributed by atoms with Crippen molar-refractivity contribution in [3.63, 3.8) is 0 Å². The average Bonchev–Trinajstić information content (AvgIpc) is 2.55. The SMILES string of the molecule is CC(OC(=O)Nc1ccc([N+](=O)[O-])cc1)c1ccccc1[N+](=O)[O-]. The fourth-order valence-corrected chi connectivity index (χ4v) is 2.04. The fourth-order valence-electron chi connectivity index (χ4n) is 2.04. The number of non-ortho nitro benzene ring substituents is 1. The molecule has 0 saturated heterocycles. The fraction of sp³-hybridized carbons (Fsp3) is 0.133. The molecule has 2 aromatic rings. The first-order chi connectivity index (χ1) is 11.4. The molecule has 0 saturated carbocycles. The van der Waals surface area contributed by atoms with E-state index in [9.17, 15) is 25.0 Å². The first kappa shape index (κ1) is 16.9. The van der Waals surface area contributed by atoms with E-state index in [0.717, 1.165) is 0 Å². The summed E-state index contributed by atoms with van der Waals surface area (Å²) in [5.41, 5.74) is 0.317. The standard InChI is InChI=1S/C15H13N3O6/c1-10(13-4-2-3-5-14(13)18(22)23)24-15(19)16-11-6-8-12(9-7-11)17(20)21/h2-10H,1H3,(H,16,19).